The van der Waals surface area contributed by atoms with Crippen molar-refractivity contribution in [2.75, 3.05) is 5.75 Å². The zero-order valence-corrected chi connectivity index (χ0v) is 14.4. The number of rotatable bonds is 3. The first-order valence-electron chi connectivity index (χ1n) is 6.36. The van der Waals surface area contributed by atoms with Gasteiger partial charge in [-0.2, -0.15) is 18.3 Å². The van der Waals surface area contributed by atoms with Crippen molar-refractivity contribution in [2.24, 2.45) is 7.05 Å². The topological polar surface area (TPSA) is 34.9 Å². The van der Waals surface area contributed by atoms with Crippen LogP contribution in [0, 0.1) is 12.3 Å². The SMILES string of the molecule is C#CCSc1cc(-c2nn(C)c(C(F)(F)F)cc2=O)c(Cl)cc1Cl. The van der Waals surface area contributed by atoms with Gasteiger partial charge in [0.1, 0.15) is 11.4 Å². The highest BCUT2D eigenvalue weighted by atomic mass is 35.5. The fourth-order valence-corrected chi connectivity index (χ4v) is 3.20. The highest BCUT2D eigenvalue weighted by Gasteiger charge is 2.34. The highest BCUT2D eigenvalue weighted by Crippen LogP contribution is 2.36. The van der Waals surface area contributed by atoms with E-state index < -0.39 is 17.3 Å². The first-order chi connectivity index (χ1) is 11.1. The molecule has 0 atom stereocenters. The lowest BCUT2D eigenvalue weighted by Crippen LogP contribution is -2.22. The highest BCUT2D eigenvalue weighted by molar-refractivity contribution is 7.99. The molecule has 0 N–H and O–H groups in total. The predicted molar refractivity (Wildman–Crippen MR) is 89.5 cm³/mol. The summed E-state index contributed by atoms with van der Waals surface area (Å²) in [5.74, 6) is 2.76. The number of aromatic nitrogens is 2. The molecule has 0 fully saturated rings. The van der Waals surface area contributed by atoms with E-state index in [0.29, 0.717) is 26.4 Å². The summed E-state index contributed by atoms with van der Waals surface area (Å²) in [5.41, 5.74) is -2.05. The Hall–Kier alpha value is -1.62. The maximum absolute atomic E-state index is 12.8. The van der Waals surface area contributed by atoms with Gasteiger partial charge in [-0.1, -0.05) is 29.1 Å². The van der Waals surface area contributed by atoms with Gasteiger partial charge < -0.3 is 0 Å². The number of nitrogens with zero attached hydrogens (tertiary/aromatic N) is 2. The molecule has 24 heavy (non-hydrogen) atoms. The first-order valence-corrected chi connectivity index (χ1v) is 8.10. The van der Waals surface area contributed by atoms with E-state index in [1.54, 1.807) is 0 Å². The van der Waals surface area contributed by atoms with E-state index in [2.05, 4.69) is 11.0 Å². The maximum atomic E-state index is 12.8. The van der Waals surface area contributed by atoms with Crippen molar-refractivity contribution in [3.05, 3.63) is 44.2 Å². The van der Waals surface area contributed by atoms with Gasteiger partial charge in [-0.3, -0.25) is 9.48 Å². The van der Waals surface area contributed by atoms with Crippen LogP contribution in [0.5, 0.6) is 0 Å². The molecule has 2 rings (SSSR count). The zero-order chi connectivity index (χ0) is 18.1. The number of benzene rings is 1. The van der Waals surface area contributed by atoms with E-state index in [9.17, 15) is 18.0 Å². The van der Waals surface area contributed by atoms with Crippen LogP contribution in [-0.2, 0) is 13.2 Å². The van der Waals surface area contributed by atoms with Crippen LogP contribution in [0.2, 0.25) is 10.0 Å². The van der Waals surface area contributed by atoms with Crippen LogP contribution < -0.4 is 5.43 Å². The molecule has 0 amide bonds. The van der Waals surface area contributed by atoms with Gasteiger partial charge in [-0.05, 0) is 12.1 Å². The molecule has 126 valence electrons. The second-order valence-corrected chi connectivity index (χ2v) is 6.45. The van der Waals surface area contributed by atoms with Crippen molar-refractivity contribution in [2.45, 2.75) is 11.1 Å². The van der Waals surface area contributed by atoms with Gasteiger partial charge in [0.15, 0.2) is 0 Å². The average Bonchev–Trinajstić information content (AvgIpc) is 2.47. The van der Waals surface area contributed by atoms with Crippen molar-refractivity contribution in [1.29, 1.82) is 0 Å². The number of halogens is 5. The number of hydrogen-bond donors (Lipinski definition) is 0. The van der Waals surface area contributed by atoms with Crippen LogP contribution >= 0.6 is 35.0 Å². The largest absolute Gasteiger partial charge is 0.433 e. The van der Waals surface area contributed by atoms with Crippen molar-refractivity contribution < 1.29 is 13.2 Å². The summed E-state index contributed by atoms with van der Waals surface area (Å²) in [6.07, 6.45) is 0.511. The Labute approximate surface area is 149 Å². The summed E-state index contributed by atoms with van der Waals surface area (Å²) >= 11 is 13.4. The minimum Gasteiger partial charge on any atom is -0.287 e. The van der Waals surface area contributed by atoms with Gasteiger partial charge in [-0.15, -0.1) is 18.2 Å². The molecule has 0 bridgehead atoms. The lowest BCUT2D eigenvalue weighted by Gasteiger charge is -2.13. The average molecular weight is 393 g/mol. The lowest BCUT2D eigenvalue weighted by atomic mass is 10.1. The summed E-state index contributed by atoms with van der Waals surface area (Å²) in [6.45, 7) is 0. The summed E-state index contributed by atoms with van der Waals surface area (Å²) in [7, 11) is 1.10. The van der Waals surface area contributed by atoms with Crippen molar-refractivity contribution in [1.82, 2.24) is 9.78 Å². The summed E-state index contributed by atoms with van der Waals surface area (Å²) in [4.78, 5) is 12.6. The normalized spacial score (nSPS) is 11.4. The summed E-state index contributed by atoms with van der Waals surface area (Å²) in [5, 5.41) is 4.16. The molecule has 0 spiro atoms. The quantitative estimate of drug-likeness (QED) is 0.569. The molecule has 0 radical (unpaired) electrons. The Morgan fingerprint density at radius 1 is 1.29 bits per heavy atom. The van der Waals surface area contributed by atoms with Crippen LogP contribution in [0.25, 0.3) is 11.3 Å². The first kappa shape index (κ1) is 18.7. The second kappa shape index (κ2) is 7.09. The van der Waals surface area contributed by atoms with Gasteiger partial charge in [0.25, 0.3) is 0 Å². The fourth-order valence-electron chi connectivity index (χ4n) is 1.93. The van der Waals surface area contributed by atoms with Gasteiger partial charge in [-0.25, -0.2) is 0 Å². The molecule has 1 aromatic carbocycles. The van der Waals surface area contributed by atoms with Crippen LogP contribution in [0.4, 0.5) is 13.2 Å². The maximum Gasteiger partial charge on any atom is 0.433 e. The number of aryl methyl sites for hydroxylation is 1. The van der Waals surface area contributed by atoms with Crippen molar-refractivity contribution in [3.63, 3.8) is 0 Å². The van der Waals surface area contributed by atoms with Crippen LogP contribution in [0.15, 0.2) is 27.9 Å². The minimum absolute atomic E-state index is 0.106. The smallest absolute Gasteiger partial charge is 0.287 e. The summed E-state index contributed by atoms with van der Waals surface area (Å²) in [6, 6.07) is 3.38. The molecule has 0 aliphatic carbocycles. The number of thioether (sulfide) groups is 1. The molecule has 0 aliphatic rings. The standard InChI is InChI=1S/C15H9Cl2F3N2OS/c1-3-4-24-12-5-8(9(16)6-10(12)17)14-11(23)7-13(15(18,19)20)22(2)21-14/h1,5-7H,4H2,2H3. The Bertz CT molecular complexity index is 888. The molecule has 0 saturated heterocycles. The molecule has 0 saturated carbocycles. The second-order valence-electron chi connectivity index (χ2n) is 4.62. The molecule has 0 aliphatic heterocycles. The number of terminal acetylenes is 1. The van der Waals surface area contributed by atoms with E-state index in [1.165, 1.54) is 23.9 Å². The van der Waals surface area contributed by atoms with Gasteiger partial charge in [0, 0.05) is 23.6 Å². The minimum atomic E-state index is -4.68. The Morgan fingerprint density at radius 2 is 1.96 bits per heavy atom. The molecule has 3 nitrogen and oxygen atoms in total. The zero-order valence-electron chi connectivity index (χ0n) is 12.1. The van der Waals surface area contributed by atoms with E-state index in [-0.39, 0.29) is 16.3 Å². The van der Waals surface area contributed by atoms with Crippen molar-refractivity contribution in [3.8, 4) is 23.6 Å². The van der Waals surface area contributed by atoms with Crippen LogP contribution in [0.1, 0.15) is 5.69 Å². The molecule has 0 unspecified atom stereocenters. The van der Waals surface area contributed by atoms with Crippen LogP contribution in [-0.4, -0.2) is 15.5 Å². The Kier molecular flexibility index (Phi) is 5.53. The predicted octanol–water partition coefficient (Wildman–Crippen LogP) is 4.50. The molecule has 2 aromatic rings. The molecule has 9 heteroatoms. The Morgan fingerprint density at radius 3 is 2.54 bits per heavy atom. The molecular weight excluding hydrogens is 384 g/mol. The van der Waals surface area contributed by atoms with Gasteiger partial charge in [0.2, 0.25) is 5.43 Å². The number of alkyl halides is 3. The van der Waals surface area contributed by atoms with Crippen LogP contribution in [0.3, 0.4) is 0 Å². The van der Waals surface area contributed by atoms with E-state index >= 15 is 0 Å². The third-order valence-corrected chi connectivity index (χ3v) is 4.68. The number of hydrogen-bond acceptors (Lipinski definition) is 3. The molecule has 1 aromatic heterocycles. The van der Waals surface area contributed by atoms with Crippen molar-refractivity contribution >= 4 is 35.0 Å². The third-order valence-electron chi connectivity index (χ3n) is 2.98. The van der Waals surface area contributed by atoms with Gasteiger partial charge in [0.05, 0.1) is 15.8 Å². The lowest BCUT2D eigenvalue weighted by molar-refractivity contribution is -0.144. The van der Waals surface area contributed by atoms with E-state index in [0.717, 1.165) is 7.05 Å². The third kappa shape index (κ3) is 3.89. The molecule has 1 heterocycles. The Balaban J connectivity index is 2.63. The van der Waals surface area contributed by atoms with E-state index in [1.807, 2.05) is 0 Å². The molecular formula is C15H9Cl2F3N2OS. The van der Waals surface area contributed by atoms with Gasteiger partial charge >= 0.3 is 6.18 Å². The summed E-state index contributed by atoms with van der Waals surface area (Å²) < 4.78 is 39.1. The fraction of sp³-hybridized carbons (Fsp3) is 0.200. The monoisotopic (exact) mass is 392 g/mol. The van der Waals surface area contributed by atoms with E-state index in [4.69, 9.17) is 29.6 Å².